The van der Waals surface area contributed by atoms with Gasteiger partial charge < -0.3 is 26.6 Å². The van der Waals surface area contributed by atoms with E-state index >= 15 is 0 Å². The smallest absolute Gasteiger partial charge is 0.251 e. The lowest BCUT2D eigenvalue weighted by molar-refractivity contribution is -0.130. The van der Waals surface area contributed by atoms with Crippen LogP contribution in [0.15, 0.2) is 60.9 Å². The van der Waals surface area contributed by atoms with E-state index in [1.54, 1.807) is 17.8 Å². The second-order valence-corrected chi connectivity index (χ2v) is 15.0. The van der Waals surface area contributed by atoms with Crippen LogP contribution in [0.1, 0.15) is 79.4 Å². The number of rotatable bonds is 18. The van der Waals surface area contributed by atoms with Crippen LogP contribution in [0.3, 0.4) is 0 Å². The molecule has 0 aliphatic carbocycles. The van der Waals surface area contributed by atoms with Crippen molar-refractivity contribution >= 4 is 39.3 Å². The van der Waals surface area contributed by atoms with Crippen molar-refractivity contribution in [3.63, 3.8) is 0 Å². The summed E-state index contributed by atoms with van der Waals surface area (Å²) in [5.41, 5.74) is 2.03. The molecule has 3 rings (SSSR count). The molecule has 1 unspecified atom stereocenters. The first-order valence-electron chi connectivity index (χ1n) is 17.1. The molecule has 1 heterocycles. The van der Waals surface area contributed by atoms with E-state index in [9.17, 15) is 27.6 Å². The molecule has 4 atom stereocenters. The molecular weight excluding hydrogens is 673 g/mol. The summed E-state index contributed by atoms with van der Waals surface area (Å²) in [4.78, 5) is 53.0. The third-order valence-corrected chi connectivity index (χ3v) is 9.65. The van der Waals surface area contributed by atoms with Gasteiger partial charge in [-0.05, 0) is 69.4 Å². The molecule has 0 aliphatic heterocycles. The summed E-state index contributed by atoms with van der Waals surface area (Å²) >= 11 is 0. The number of nitrogens with zero attached hydrogens (tertiary/aromatic N) is 3. The summed E-state index contributed by atoms with van der Waals surface area (Å²) < 4.78 is 27.8. The van der Waals surface area contributed by atoms with Crippen LogP contribution < -0.4 is 30.9 Å². The van der Waals surface area contributed by atoms with E-state index in [1.807, 2.05) is 71.1 Å². The highest BCUT2D eigenvalue weighted by molar-refractivity contribution is 7.92. The molecule has 0 radical (unpaired) electrons. The van der Waals surface area contributed by atoms with Crippen LogP contribution in [0, 0.1) is 5.92 Å². The lowest BCUT2D eigenvalue weighted by atomic mass is 10.0. The van der Waals surface area contributed by atoms with E-state index in [2.05, 4.69) is 31.7 Å². The number of sulfonamides is 1. The molecule has 2 aromatic carbocycles. The highest BCUT2D eigenvalue weighted by atomic mass is 32.2. The monoisotopic (exact) mass is 724 g/mol. The van der Waals surface area contributed by atoms with Crippen molar-refractivity contribution in [1.29, 1.82) is 0 Å². The van der Waals surface area contributed by atoms with Gasteiger partial charge in [0.15, 0.2) is 0 Å². The minimum atomic E-state index is -3.73. The zero-order valence-electron chi connectivity index (χ0n) is 30.7. The molecule has 1 aromatic heterocycles. The van der Waals surface area contributed by atoms with Crippen molar-refractivity contribution in [1.82, 2.24) is 36.4 Å². The molecule has 0 bridgehead atoms. The van der Waals surface area contributed by atoms with Gasteiger partial charge in [-0.3, -0.25) is 28.2 Å². The highest BCUT2D eigenvalue weighted by Crippen LogP contribution is 2.22. The molecule has 15 heteroatoms. The van der Waals surface area contributed by atoms with Crippen molar-refractivity contribution < 1.29 is 27.6 Å². The fourth-order valence-electron chi connectivity index (χ4n) is 5.27. The Kier molecular flexibility index (Phi) is 14.7. The molecule has 5 N–H and O–H groups in total. The van der Waals surface area contributed by atoms with E-state index in [1.165, 1.54) is 25.2 Å². The lowest BCUT2D eigenvalue weighted by Crippen LogP contribution is -2.55. The van der Waals surface area contributed by atoms with Crippen LogP contribution in [0.5, 0.6) is 0 Å². The quantitative estimate of drug-likeness (QED) is 0.133. The summed E-state index contributed by atoms with van der Waals surface area (Å²) in [5.74, 6) is -1.81. The number of amides is 4. The van der Waals surface area contributed by atoms with Gasteiger partial charge in [-0.25, -0.2) is 8.42 Å². The fraction of sp³-hybridized carbons (Fsp3) is 0.472. The number of carbonyl (C=O) groups is 4. The van der Waals surface area contributed by atoms with E-state index < -0.39 is 40.0 Å². The predicted molar refractivity (Wildman–Crippen MR) is 198 cm³/mol. The molecule has 0 fully saturated rings. The second-order valence-electron chi connectivity index (χ2n) is 12.9. The summed E-state index contributed by atoms with van der Waals surface area (Å²) in [7, 11) is -2.38. The van der Waals surface area contributed by atoms with Crippen molar-refractivity contribution in [2.24, 2.45) is 5.92 Å². The number of likely N-dealkylation sites (N-methyl/N-ethyl adjacent to an activating group) is 1. The third kappa shape index (κ3) is 11.9. The van der Waals surface area contributed by atoms with Gasteiger partial charge in [0.05, 0.1) is 30.2 Å². The molecule has 4 amide bonds. The topological polar surface area (TPSA) is 184 Å². The van der Waals surface area contributed by atoms with Gasteiger partial charge in [0.25, 0.3) is 11.8 Å². The largest absolute Gasteiger partial charge is 0.355 e. The van der Waals surface area contributed by atoms with Gasteiger partial charge in [-0.15, -0.1) is 0 Å². The number of benzene rings is 2. The van der Waals surface area contributed by atoms with Crippen LogP contribution in [-0.4, -0.2) is 86.3 Å². The van der Waals surface area contributed by atoms with Crippen LogP contribution in [0.2, 0.25) is 0 Å². The first kappa shape index (κ1) is 40.7. The second kappa shape index (κ2) is 18.5. The van der Waals surface area contributed by atoms with Crippen LogP contribution in [0.4, 0.5) is 5.69 Å². The van der Waals surface area contributed by atoms with Crippen molar-refractivity contribution in [2.75, 3.05) is 30.7 Å². The van der Waals surface area contributed by atoms with Crippen LogP contribution >= 0.6 is 0 Å². The minimum Gasteiger partial charge on any atom is -0.355 e. The Morgan fingerprint density at radius 1 is 0.882 bits per heavy atom. The van der Waals surface area contributed by atoms with E-state index in [0.29, 0.717) is 19.5 Å². The summed E-state index contributed by atoms with van der Waals surface area (Å²) in [6.07, 6.45) is 4.96. The molecule has 278 valence electrons. The van der Waals surface area contributed by atoms with Crippen molar-refractivity contribution in [3.8, 4) is 0 Å². The molecule has 0 spiro atoms. The van der Waals surface area contributed by atoms with Crippen LogP contribution in [0.25, 0.3) is 0 Å². The number of hydrogen-bond donors (Lipinski definition) is 5. The normalized spacial score (nSPS) is 13.8. The first-order valence-corrected chi connectivity index (χ1v) is 19.0. The minimum absolute atomic E-state index is 0.0715. The number of carbonyl (C=O) groups excluding carboxylic acids is 4. The van der Waals surface area contributed by atoms with E-state index in [-0.39, 0.29) is 47.1 Å². The van der Waals surface area contributed by atoms with Gasteiger partial charge in [-0.2, -0.15) is 5.10 Å². The molecular formula is C36H52N8O6S. The van der Waals surface area contributed by atoms with Gasteiger partial charge in [0.1, 0.15) is 6.04 Å². The van der Waals surface area contributed by atoms with Gasteiger partial charge in [-0.1, -0.05) is 44.2 Å². The maximum Gasteiger partial charge on any atom is 0.251 e. The van der Waals surface area contributed by atoms with Gasteiger partial charge in [0.2, 0.25) is 21.8 Å². The molecule has 14 nitrogen and oxygen atoms in total. The summed E-state index contributed by atoms with van der Waals surface area (Å²) in [5, 5.41) is 19.0. The summed E-state index contributed by atoms with van der Waals surface area (Å²) in [6, 6.07) is 11.3. The third-order valence-electron chi connectivity index (χ3n) is 8.44. The number of nitrogens with one attached hydrogen (secondary N) is 5. The Labute approximate surface area is 301 Å². The maximum absolute atomic E-state index is 13.9. The van der Waals surface area contributed by atoms with Crippen molar-refractivity contribution in [2.45, 2.75) is 78.7 Å². The van der Waals surface area contributed by atoms with Gasteiger partial charge >= 0.3 is 0 Å². The Hall–Kier alpha value is -4.76. The molecule has 0 saturated carbocycles. The Morgan fingerprint density at radius 3 is 2.06 bits per heavy atom. The number of anilines is 1. The summed E-state index contributed by atoms with van der Waals surface area (Å²) in [6.45, 7) is 12.2. The molecule has 0 aliphatic rings. The molecule has 51 heavy (non-hydrogen) atoms. The first-order chi connectivity index (χ1) is 24.0. The Bertz CT molecular complexity index is 1760. The molecule has 0 saturated heterocycles. The van der Waals surface area contributed by atoms with E-state index in [4.69, 9.17) is 0 Å². The Balaban J connectivity index is 1.88. The lowest BCUT2D eigenvalue weighted by Gasteiger charge is -2.25. The average molecular weight is 725 g/mol. The van der Waals surface area contributed by atoms with Crippen LogP contribution in [-0.2, 0) is 32.6 Å². The average Bonchev–Trinajstić information content (AvgIpc) is 3.55. The number of aryl methyl sites for hydroxylation is 1. The SMILES string of the molecule is CCNC(=O)[C@@H](NC(=O)[C@H](C)NCC(Cc1cnn(CC)c1)NC(=O)c1cc(C(=O)N[C@H](C)c2ccccc2)cc(N(C)S(C)(=O)=O)c1)C(C)C. The Morgan fingerprint density at radius 2 is 1.51 bits per heavy atom. The number of hydrogen-bond acceptors (Lipinski definition) is 8. The fourth-order valence-corrected chi connectivity index (χ4v) is 5.76. The van der Waals surface area contributed by atoms with E-state index in [0.717, 1.165) is 21.7 Å². The predicted octanol–water partition coefficient (Wildman–Crippen LogP) is 2.39. The maximum atomic E-state index is 13.9. The number of aromatic nitrogens is 2. The standard InChI is InChI=1S/C36H52N8O6S/c1-9-37-36(48)32(23(3)4)42-33(45)25(6)38-21-30(16-26-20-39-44(10-2)22-26)41-35(47)29-17-28(18-31(19-29)43(7)51(8,49)50)34(46)40-24(5)27-14-12-11-13-15-27/h11-15,17-20,22-25,30,32,38H,9-10,16,21H2,1-8H3,(H,37,48)(H,40,46)(H,41,47)(H,42,45)/t24-,25+,30?,32+/m1/s1. The highest BCUT2D eigenvalue weighted by Gasteiger charge is 2.27. The molecule has 3 aromatic rings. The van der Waals surface area contributed by atoms with Gasteiger partial charge in [0, 0.05) is 50.0 Å². The zero-order valence-corrected chi connectivity index (χ0v) is 31.5. The van der Waals surface area contributed by atoms with Crippen molar-refractivity contribution in [3.05, 3.63) is 83.2 Å². The zero-order chi connectivity index (χ0) is 37.9.